The Morgan fingerprint density at radius 1 is 1.16 bits per heavy atom. The lowest BCUT2D eigenvalue weighted by atomic mass is 10.0. The molecule has 0 amide bonds. The first-order valence-electron chi connectivity index (χ1n) is 13.1. The zero-order valence-electron chi connectivity index (χ0n) is 22.1. The number of nitrogens with zero attached hydrogens (tertiary/aromatic N) is 5. The summed E-state index contributed by atoms with van der Waals surface area (Å²) in [5.74, 6) is 0.0661. The Kier molecular flexibility index (Phi) is 8.07. The fraction of sp³-hybridized carbons (Fsp3) is 0.577. The summed E-state index contributed by atoms with van der Waals surface area (Å²) in [4.78, 5) is 6.97. The SMILES string of the molecule is Cc1nnc(N2CCC(Oc3nc4ccc(C5=CCN(S(=O)(=O)CCCC(C)(C)O)CC5)cc4s3)CC2)s1. The molecular weight excluding hydrogens is 543 g/mol. The van der Waals surface area contributed by atoms with Gasteiger partial charge in [0.15, 0.2) is 0 Å². The van der Waals surface area contributed by atoms with Crippen LogP contribution in [-0.2, 0) is 10.0 Å². The van der Waals surface area contributed by atoms with Crippen LogP contribution in [0.5, 0.6) is 5.19 Å². The molecule has 1 saturated heterocycles. The average Bonchev–Trinajstić information content (AvgIpc) is 3.48. The lowest BCUT2D eigenvalue weighted by Crippen LogP contribution is -2.38. The van der Waals surface area contributed by atoms with E-state index in [2.05, 4.69) is 27.2 Å². The third kappa shape index (κ3) is 6.71. The summed E-state index contributed by atoms with van der Waals surface area (Å²) in [7, 11) is -3.33. The number of rotatable bonds is 9. The van der Waals surface area contributed by atoms with Crippen molar-refractivity contribution in [2.24, 2.45) is 0 Å². The van der Waals surface area contributed by atoms with Gasteiger partial charge in [-0.15, -0.1) is 10.2 Å². The Balaban J connectivity index is 1.17. The molecule has 0 bridgehead atoms. The summed E-state index contributed by atoms with van der Waals surface area (Å²) in [6.07, 6.45) is 5.58. The molecule has 0 spiro atoms. The molecule has 2 aliphatic heterocycles. The number of anilines is 1. The Labute approximate surface area is 232 Å². The van der Waals surface area contributed by atoms with E-state index in [0.29, 0.717) is 37.5 Å². The van der Waals surface area contributed by atoms with E-state index in [1.165, 1.54) is 0 Å². The number of benzene rings is 1. The van der Waals surface area contributed by atoms with Crippen molar-refractivity contribution in [2.45, 2.75) is 64.6 Å². The highest BCUT2D eigenvalue weighted by Gasteiger charge is 2.26. The number of piperidine rings is 1. The van der Waals surface area contributed by atoms with Crippen LogP contribution >= 0.6 is 22.7 Å². The third-order valence-corrected chi connectivity index (χ3v) is 10.7. The minimum atomic E-state index is -3.33. The highest BCUT2D eigenvalue weighted by atomic mass is 32.2. The second-order valence-corrected chi connectivity index (χ2v) is 14.9. The second-order valence-electron chi connectivity index (χ2n) is 10.6. The molecule has 5 rings (SSSR count). The summed E-state index contributed by atoms with van der Waals surface area (Å²) in [5.41, 5.74) is 2.34. The summed E-state index contributed by atoms with van der Waals surface area (Å²) in [6.45, 7) is 8.03. The minimum Gasteiger partial charge on any atom is -0.467 e. The average molecular weight is 578 g/mol. The van der Waals surface area contributed by atoms with Crippen molar-refractivity contribution in [1.29, 1.82) is 0 Å². The molecule has 0 aliphatic carbocycles. The topological polar surface area (TPSA) is 109 Å². The van der Waals surface area contributed by atoms with Crippen molar-refractivity contribution in [3.8, 4) is 5.19 Å². The van der Waals surface area contributed by atoms with Crippen LogP contribution in [0, 0.1) is 6.92 Å². The zero-order valence-corrected chi connectivity index (χ0v) is 24.5. The molecule has 0 atom stereocenters. The molecule has 4 heterocycles. The quantitative estimate of drug-likeness (QED) is 0.397. The fourth-order valence-corrected chi connectivity index (χ4v) is 7.95. The van der Waals surface area contributed by atoms with Crippen LogP contribution in [0.15, 0.2) is 24.3 Å². The second kappa shape index (κ2) is 11.2. The van der Waals surface area contributed by atoms with Gasteiger partial charge in [0.05, 0.1) is 21.6 Å². The predicted octanol–water partition coefficient (Wildman–Crippen LogP) is 4.47. The number of aliphatic hydroxyl groups is 1. The van der Waals surface area contributed by atoms with Gasteiger partial charge in [-0.05, 0) is 63.3 Å². The summed E-state index contributed by atoms with van der Waals surface area (Å²) >= 11 is 3.19. The fourth-order valence-electron chi connectivity index (χ4n) is 4.86. The molecule has 3 aromatic rings. The molecule has 1 N–H and O–H groups in total. The first-order valence-corrected chi connectivity index (χ1v) is 16.3. The van der Waals surface area contributed by atoms with E-state index in [9.17, 15) is 13.5 Å². The molecule has 12 heteroatoms. The molecule has 2 aliphatic rings. The largest absolute Gasteiger partial charge is 0.467 e. The standard InChI is InChI=1S/C26H35N5O4S3/c1-18-28-29-24(36-18)30-12-9-21(10-13-30)35-25-27-22-6-5-20(17-23(22)37-25)19-7-14-31(15-8-19)38(33,34)16-4-11-26(2,3)32/h5-7,17,21,32H,4,8-16H2,1-3H3. The first kappa shape index (κ1) is 27.4. The van der Waals surface area contributed by atoms with Gasteiger partial charge < -0.3 is 14.7 Å². The highest BCUT2D eigenvalue weighted by molar-refractivity contribution is 7.89. The van der Waals surface area contributed by atoms with E-state index in [-0.39, 0.29) is 11.9 Å². The molecule has 0 saturated carbocycles. The normalized spacial score (nSPS) is 18.2. The molecule has 1 aromatic carbocycles. The van der Waals surface area contributed by atoms with E-state index in [4.69, 9.17) is 9.72 Å². The van der Waals surface area contributed by atoms with Crippen molar-refractivity contribution in [3.05, 3.63) is 34.8 Å². The van der Waals surface area contributed by atoms with Crippen molar-refractivity contribution >= 4 is 53.6 Å². The maximum absolute atomic E-state index is 12.7. The van der Waals surface area contributed by atoms with E-state index in [0.717, 1.165) is 57.4 Å². The van der Waals surface area contributed by atoms with Gasteiger partial charge in [-0.1, -0.05) is 34.8 Å². The molecule has 2 aromatic heterocycles. The van der Waals surface area contributed by atoms with Gasteiger partial charge in [-0.3, -0.25) is 0 Å². The van der Waals surface area contributed by atoms with Crippen LogP contribution in [0.2, 0.25) is 0 Å². The van der Waals surface area contributed by atoms with Crippen molar-refractivity contribution in [3.63, 3.8) is 0 Å². The van der Waals surface area contributed by atoms with Crippen LogP contribution < -0.4 is 9.64 Å². The van der Waals surface area contributed by atoms with Crippen LogP contribution in [0.3, 0.4) is 0 Å². The molecule has 38 heavy (non-hydrogen) atoms. The highest BCUT2D eigenvalue weighted by Crippen LogP contribution is 2.34. The number of fused-ring (bicyclic) bond motifs is 1. The van der Waals surface area contributed by atoms with Crippen LogP contribution in [0.4, 0.5) is 5.13 Å². The predicted molar refractivity (Wildman–Crippen MR) is 154 cm³/mol. The van der Waals surface area contributed by atoms with Gasteiger partial charge in [-0.2, -0.15) is 4.31 Å². The minimum absolute atomic E-state index is 0.0661. The Hall–Kier alpha value is -2.12. The molecule has 206 valence electrons. The van der Waals surface area contributed by atoms with Crippen LogP contribution in [0.1, 0.15) is 56.5 Å². The van der Waals surface area contributed by atoms with Crippen molar-refractivity contribution in [2.75, 3.05) is 36.8 Å². The number of hydrogen-bond donors (Lipinski definition) is 1. The number of aryl methyl sites for hydroxylation is 1. The van der Waals surface area contributed by atoms with Gasteiger partial charge in [0.25, 0.3) is 5.19 Å². The Morgan fingerprint density at radius 3 is 2.61 bits per heavy atom. The lowest BCUT2D eigenvalue weighted by molar-refractivity contribution is 0.0704. The third-order valence-electron chi connectivity index (χ3n) is 6.99. The number of ether oxygens (including phenoxy) is 1. The van der Waals surface area contributed by atoms with Gasteiger partial charge in [0.1, 0.15) is 11.1 Å². The van der Waals surface area contributed by atoms with Crippen LogP contribution in [-0.4, -0.2) is 76.6 Å². The van der Waals surface area contributed by atoms with E-state index in [1.54, 1.807) is 40.8 Å². The number of thiazole rings is 1. The Bertz CT molecular complexity index is 1400. The zero-order chi connectivity index (χ0) is 26.9. The first-order chi connectivity index (χ1) is 18.1. The lowest BCUT2D eigenvalue weighted by Gasteiger charge is -2.30. The molecule has 1 fully saturated rings. The van der Waals surface area contributed by atoms with E-state index < -0.39 is 15.6 Å². The van der Waals surface area contributed by atoms with Gasteiger partial charge >= 0.3 is 0 Å². The van der Waals surface area contributed by atoms with Gasteiger partial charge in [0.2, 0.25) is 15.2 Å². The van der Waals surface area contributed by atoms with Gasteiger partial charge in [-0.25, -0.2) is 13.4 Å². The number of sulfonamides is 1. The monoisotopic (exact) mass is 577 g/mol. The molecule has 9 nitrogen and oxygen atoms in total. The molecule has 0 unspecified atom stereocenters. The van der Waals surface area contributed by atoms with E-state index in [1.807, 2.05) is 19.1 Å². The number of aromatic nitrogens is 3. The maximum atomic E-state index is 12.7. The van der Waals surface area contributed by atoms with Crippen molar-refractivity contribution < 1.29 is 18.3 Å². The summed E-state index contributed by atoms with van der Waals surface area (Å²) in [5, 5.41) is 20.9. The van der Waals surface area contributed by atoms with Crippen LogP contribution in [0.25, 0.3) is 15.8 Å². The maximum Gasteiger partial charge on any atom is 0.274 e. The smallest absolute Gasteiger partial charge is 0.274 e. The molecular formula is C26H35N5O4S3. The van der Waals surface area contributed by atoms with Gasteiger partial charge in [0, 0.05) is 39.0 Å². The molecule has 0 radical (unpaired) electrons. The van der Waals surface area contributed by atoms with E-state index >= 15 is 0 Å². The Morgan fingerprint density at radius 2 is 1.95 bits per heavy atom. The summed E-state index contributed by atoms with van der Waals surface area (Å²) < 4.78 is 34.4. The number of hydrogen-bond acceptors (Lipinski definition) is 10. The summed E-state index contributed by atoms with van der Waals surface area (Å²) in [6, 6.07) is 6.22. The van der Waals surface area contributed by atoms with Crippen molar-refractivity contribution in [1.82, 2.24) is 19.5 Å².